The van der Waals surface area contributed by atoms with Crippen LogP contribution in [0.3, 0.4) is 0 Å². The number of aliphatic hydroxyl groups excluding tert-OH is 1. The van der Waals surface area contributed by atoms with Crippen molar-refractivity contribution in [2.75, 3.05) is 26.4 Å². The predicted molar refractivity (Wildman–Crippen MR) is 171 cm³/mol. The summed E-state index contributed by atoms with van der Waals surface area (Å²) in [4.78, 5) is 11.4. The van der Waals surface area contributed by atoms with E-state index in [4.69, 9.17) is 24.7 Å². The molecule has 11 nitrogen and oxygen atoms in total. The van der Waals surface area contributed by atoms with Crippen LogP contribution in [0.5, 0.6) is 0 Å². The number of fused-ring (bicyclic) bond motifs is 2. The largest absolute Gasteiger partial charge is 1.00 e. The summed E-state index contributed by atoms with van der Waals surface area (Å²) in [6, 6.07) is -0.624. The molecule has 0 amide bonds. The summed E-state index contributed by atoms with van der Waals surface area (Å²) in [6.45, 7) is 2.58. The summed E-state index contributed by atoms with van der Waals surface area (Å²) >= 11 is 0. The van der Waals surface area contributed by atoms with Crippen molar-refractivity contribution in [3.05, 3.63) is 12.2 Å². The van der Waals surface area contributed by atoms with E-state index >= 15 is 0 Å². The first kappa shape index (κ1) is 43.9. The molecule has 2 bridgehead atoms. The molecule has 2 aliphatic rings. The molecule has 13 heteroatoms. The van der Waals surface area contributed by atoms with Crippen LogP contribution in [0.15, 0.2) is 12.2 Å². The molecule has 0 saturated carbocycles. The summed E-state index contributed by atoms with van der Waals surface area (Å²) in [5.41, 5.74) is 5.64. The second kappa shape index (κ2) is 25.8. The Bertz CT molecular complexity index is 924. The molecule has 2 heterocycles. The van der Waals surface area contributed by atoms with Gasteiger partial charge in [0, 0.05) is 25.5 Å². The molecule has 0 radical (unpaired) electrons. The van der Waals surface area contributed by atoms with Gasteiger partial charge in [0.25, 0.3) is 0 Å². The second-order valence-corrected chi connectivity index (χ2v) is 13.6. The molecule has 5 atom stereocenters. The van der Waals surface area contributed by atoms with Gasteiger partial charge in [-0.25, -0.2) is 13.2 Å². The quantitative estimate of drug-likeness (QED) is 0.0310. The van der Waals surface area contributed by atoms with Crippen LogP contribution in [0, 0.1) is 0 Å². The zero-order valence-corrected chi connectivity index (χ0v) is 31.4. The monoisotopic (exact) mass is 685 g/mol. The van der Waals surface area contributed by atoms with Crippen LogP contribution >= 0.6 is 0 Å². The van der Waals surface area contributed by atoms with Crippen molar-refractivity contribution in [3.63, 3.8) is 0 Å². The van der Waals surface area contributed by atoms with Crippen LogP contribution < -0.4 is 35.3 Å². The van der Waals surface area contributed by atoms with Gasteiger partial charge in [0.1, 0.15) is 6.10 Å². The van der Waals surface area contributed by atoms with E-state index in [2.05, 4.69) is 4.18 Å². The topological polar surface area (TPSA) is 167 Å². The zero-order chi connectivity index (χ0) is 32.8. The molecule has 2 fully saturated rings. The third-order valence-corrected chi connectivity index (χ3v) is 8.96. The Morgan fingerprint density at radius 3 is 2.17 bits per heavy atom. The van der Waals surface area contributed by atoms with Gasteiger partial charge < -0.3 is 34.3 Å². The third-order valence-electron chi connectivity index (χ3n) is 8.54. The molecule has 2 saturated heterocycles. The molecule has 0 aromatic rings. The van der Waals surface area contributed by atoms with E-state index in [0.29, 0.717) is 13.2 Å². The van der Waals surface area contributed by atoms with E-state index in [1.165, 1.54) is 70.3 Å². The summed E-state index contributed by atoms with van der Waals surface area (Å²) in [5, 5.41) is 10.5. The minimum atomic E-state index is -4.70. The van der Waals surface area contributed by atoms with Gasteiger partial charge in [-0.3, -0.25) is 4.18 Å². The fourth-order valence-electron chi connectivity index (χ4n) is 6.11. The van der Waals surface area contributed by atoms with Gasteiger partial charge in [0.15, 0.2) is 5.79 Å². The number of carbonyl (C=O) groups excluding carboxylic acids is 1. The Morgan fingerprint density at radius 2 is 1.57 bits per heavy atom. The summed E-state index contributed by atoms with van der Waals surface area (Å²) in [7, 11) is -4.70. The molecule has 3 N–H and O–H groups in total. The number of unbranched alkanes of at least 4 members (excludes halogenated alkanes) is 14. The Hall–Kier alpha value is -0.120. The zero-order valence-electron chi connectivity index (χ0n) is 28.5. The fourth-order valence-corrected chi connectivity index (χ4v) is 6.45. The summed E-state index contributed by atoms with van der Waals surface area (Å²) in [6.07, 6.45) is 24.3. The Morgan fingerprint density at radius 1 is 0.957 bits per heavy atom. The SMILES string of the molecule is CCOC(=O)/C=C/CCCC[C@H]1OC2(CCCCCCCCCCCCCCCOCC(N)COS(=O)(=O)[O-])CCC(O)[C@H]1O2.[Na+]. The average Bonchev–Trinajstić information content (AvgIpc) is 3.30. The van der Waals surface area contributed by atoms with Crippen molar-refractivity contribution >= 4 is 16.4 Å². The van der Waals surface area contributed by atoms with E-state index in [1.807, 2.05) is 6.08 Å². The molecule has 46 heavy (non-hydrogen) atoms. The van der Waals surface area contributed by atoms with Gasteiger partial charge in [-0.1, -0.05) is 83.1 Å². The number of allylic oxidation sites excluding steroid dienone is 1. The molecule has 3 unspecified atom stereocenters. The first-order chi connectivity index (χ1) is 21.6. The summed E-state index contributed by atoms with van der Waals surface area (Å²) < 4.78 is 58.4. The summed E-state index contributed by atoms with van der Waals surface area (Å²) in [5.74, 6) is -0.805. The molecule has 0 aromatic heterocycles. The number of nitrogens with two attached hydrogens (primary N) is 1. The van der Waals surface area contributed by atoms with Crippen molar-refractivity contribution < 1.29 is 75.6 Å². The Kier molecular flexibility index (Phi) is 24.6. The molecule has 0 spiro atoms. The number of ether oxygens (including phenoxy) is 4. The van der Waals surface area contributed by atoms with Crippen molar-refractivity contribution in [2.45, 2.75) is 165 Å². The number of rotatable bonds is 28. The molecular formula is C33H60NNaO10S. The van der Waals surface area contributed by atoms with E-state index in [-0.39, 0.29) is 60.9 Å². The maximum Gasteiger partial charge on any atom is 1.00 e. The van der Waals surface area contributed by atoms with Gasteiger partial charge >= 0.3 is 35.5 Å². The van der Waals surface area contributed by atoms with Gasteiger partial charge in [0.05, 0.1) is 38.1 Å². The molecule has 2 aliphatic heterocycles. The van der Waals surface area contributed by atoms with E-state index in [0.717, 1.165) is 64.2 Å². The van der Waals surface area contributed by atoms with E-state index < -0.39 is 28.3 Å². The van der Waals surface area contributed by atoms with Crippen LogP contribution in [-0.2, 0) is 38.3 Å². The molecule has 0 aromatic carbocycles. The number of aliphatic hydroxyl groups is 1. The molecule has 2 rings (SSSR count). The number of hydrogen-bond acceptors (Lipinski definition) is 11. The van der Waals surface area contributed by atoms with Crippen LogP contribution in [0.1, 0.15) is 135 Å². The first-order valence-electron chi connectivity index (χ1n) is 17.4. The van der Waals surface area contributed by atoms with Crippen LogP contribution in [0.4, 0.5) is 0 Å². The molecule has 264 valence electrons. The Balaban J connectivity index is 0.0000106. The van der Waals surface area contributed by atoms with Crippen molar-refractivity contribution in [1.82, 2.24) is 0 Å². The number of carbonyl (C=O) groups is 1. The third kappa shape index (κ3) is 20.4. The van der Waals surface area contributed by atoms with Gasteiger partial charge in [-0.2, -0.15) is 0 Å². The average molecular weight is 686 g/mol. The fraction of sp³-hybridized carbons (Fsp3) is 0.909. The minimum Gasteiger partial charge on any atom is -0.726 e. The Labute approximate surface area is 300 Å². The minimum absolute atomic E-state index is 0. The smallest absolute Gasteiger partial charge is 0.726 e. The first-order valence-corrected chi connectivity index (χ1v) is 18.8. The van der Waals surface area contributed by atoms with Crippen molar-refractivity contribution in [3.8, 4) is 0 Å². The van der Waals surface area contributed by atoms with Gasteiger partial charge in [-0.15, -0.1) is 0 Å². The van der Waals surface area contributed by atoms with Gasteiger partial charge in [0.2, 0.25) is 10.4 Å². The number of hydrogen-bond donors (Lipinski definition) is 2. The van der Waals surface area contributed by atoms with E-state index in [9.17, 15) is 22.9 Å². The second-order valence-electron chi connectivity index (χ2n) is 12.6. The van der Waals surface area contributed by atoms with Crippen LogP contribution in [0.2, 0.25) is 0 Å². The predicted octanol–water partition coefficient (Wildman–Crippen LogP) is 2.59. The number of esters is 1. The standard InChI is InChI=1S/C33H61NO10S.Na/c1-2-41-31(36)21-17-13-12-16-20-30-32-29(35)22-24-33(43-30,44-32)23-18-14-10-8-6-4-3-5-7-9-11-15-19-25-40-26-28(34)27-42-45(37,38)39;/h17,21,28-30,32,35H,2-16,18-20,22-27,34H2,1H3,(H,37,38,39);/q;+1/p-1/b21-17+;/t28?,29?,30-,32-,33?;/m1./s1. The van der Waals surface area contributed by atoms with Crippen LogP contribution in [0.25, 0.3) is 0 Å². The molecule has 0 aliphatic carbocycles. The maximum absolute atomic E-state index is 11.4. The van der Waals surface area contributed by atoms with Crippen LogP contribution in [-0.4, -0.2) is 80.6 Å². The van der Waals surface area contributed by atoms with Gasteiger partial charge in [-0.05, 0) is 45.4 Å². The van der Waals surface area contributed by atoms with E-state index in [1.54, 1.807) is 6.92 Å². The van der Waals surface area contributed by atoms with Crippen molar-refractivity contribution in [1.29, 1.82) is 0 Å². The van der Waals surface area contributed by atoms with Crippen molar-refractivity contribution in [2.24, 2.45) is 5.73 Å². The maximum atomic E-state index is 11.4. The normalized spacial score (nSPS) is 23.4. The molecular weight excluding hydrogens is 625 g/mol.